The maximum atomic E-state index is 12.9. The first-order valence-electron chi connectivity index (χ1n) is 7.81. The van der Waals surface area contributed by atoms with Crippen LogP contribution in [-0.2, 0) is 4.79 Å². The van der Waals surface area contributed by atoms with Crippen molar-refractivity contribution >= 4 is 47.2 Å². The molecule has 9 heteroatoms. The Balaban J connectivity index is 0.00000364. The van der Waals surface area contributed by atoms with Gasteiger partial charge in [-0.1, -0.05) is 0 Å². The van der Waals surface area contributed by atoms with Gasteiger partial charge in [-0.25, -0.2) is 4.39 Å². The molecule has 0 saturated heterocycles. The molecule has 0 aliphatic rings. The van der Waals surface area contributed by atoms with Gasteiger partial charge >= 0.3 is 0 Å². The largest absolute Gasteiger partial charge is 0.493 e. The smallest absolute Gasteiger partial charge is 0.243 e. The monoisotopic (exact) mass is 488 g/mol. The summed E-state index contributed by atoms with van der Waals surface area (Å²) in [7, 11) is 4.70. The van der Waals surface area contributed by atoms with Gasteiger partial charge in [0.15, 0.2) is 17.5 Å². The van der Waals surface area contributed by atoms with Crippen LogP contribution >= 0.6 is 24.0 Å². The van der Waals surface area contributed by atoms with E-state index in [1.807, 2.05) is 0 Å². The first-order valence-corrected chi connectivity index (χ1v) is 7.81. The summed E-state index contributed by atoms with van der Waals surface area (Å²) in [5, 5.41) is 8.61. The van der Waals surface area contributed by atoms with Crippen LogP contribution in [0.25, 0.3) is 0 Å². The predicted molar refractivity (Wildman–Crippen MR) is 115 cm³/mol. The van der Waals surface area contributed by atoms with Crippen molar-refractivity contribution in [2.45, 2.75) is 0 Å². The average Bonchev–Trinajstić information content (AvgIpc) is 2.66. The van der Waals surface area contributed by atoms with E-state index in [0.29, 0.717) is 23.1 Å². The van der Waals surface area contributed by atoms with E-state index in [1.165, 1.54) is 24.3 Å². The number of amides is 1. The maximum Gasteiger partial charge on any atom is 0.243 e. The third kappa shape index (κ3) is 6.93. The van der Waals surface area contributed by atoms with Gasteiger partial charge < -0.3 is 25.4 Å². The van der Waals surface area contributed by atoms with Gasteiger partial charge in [0.2, 0.25) is 5.91 Å². The number of guanidine groups is 1. The molecule has 0 radical (unpaired) electrons. The number of hydrogen-bond donors (Lipinski definition) is 3. The van der Waals surface area contributed by atoms with E-state index < -0.39 is 0 Å². The number of aliphatic imine (C=N–C) groups is 1. The van der Waals surface area contributed by atoms with E-state index in [9.17, 15) is 9.18 Å². The molecule has 0 saturated carbocycles. The Morgan fingerprint density at radius 3 is 2.22 bits per heavy atom. The minimum atomic E-state index is -0.361. The number of nitrogens with zero attached hydrogens (tertiary/aromatic N) is 1. The number of carbonyl (C=O) groups excluding carboxylic acids is 1. The highest BCUT2D eigenvalue weighted by Crippen LogP contribution is 2.29. The lowest BCUT2D eigenvalue weighted by atomic mass is 10.3. The van der Waals surface area contributed by atoms with Gasteiger partial charge in [0, 0.05) is 24.5 Å². The quantitative estimate of drug-likeness (QED) is 0.331. The van der Waals surface area contributed by atoms with Crippen molar-refractivity contribution in [1.82, 2.24) is 5.32 Å². The van der Waals surface area contributed by atoms with E-state index >= 15 is 0 Å². The zero-order chi connectivity index (χ0) is 18.9. The van der Waals surface area contributed by atoms with E-state index in [1.54, 1.807) is 39.5 Å². The summed E-state index contributed by atoms with van der Waals surface area (Å²) in [5.41, 5.74) is 1.23. The summed E-state index contributed by atoms with van der Waals surface area (Å²) in [6, 6.07) is 10.8. The van der Waals surface area contributed by atoms with Crippen LogP contribution in [0.3, 0.4) is 0 Å². The zero-order valence-corrected chi connectivity index (χ0v) is 17.5. The summed E-state index contributed by atoms with van der Waals surface area (Å²) in [4.78, 5) is 16.0. The molecular formula is C18H22FIN4O3. The second-order valence-corrected chi connectivity index (χ2v) is 5.18. The minimum Gasteiger partial charge on any atom is -0.493 e. The average molecular weight is 488 g/mol. The van der Waals surface area contributed by atoms with Gasteiger partial charge in [0.25, 0.3) is 0 Å². The molecule has 0 aliphatic carbocycles. The summed E-state index contributed by atoms with van der Waals surface area (Å²) in [5.74, 6) is 0.945. The summed E-state index contributed by atoms with van der Waals surface area (Å²) in [6.07, 6.45) is 0. The molecule has 2 aromatic rings. The van der Waals surface area contributed by atoms with Gasteiger partial charge in [-0.15, -0.1) is 24.0 Å². The molecule has 0 atom stereocenters. The number of benzene rings is 2. The zero-order valence-electron chi connectivity index (χ0n) is 15.2. The molecule has 0 spiro atoms. The van der Waals surface area contributed by atoms with Gasteiger partial charge in [0.1, 0.15) is 5.82 Å². The fraction of sp³-hybridized carbons (Fsp3) is 0.222. The Morgan fingerprint density at radius 2 is 1.63 bits per heavy atom. The van der Waals surface area contributed by atoms with Gasteiger partial charge in [-0.05, 0) is 36.4 Å². The summed E-state index contributed by atoms with van der Waals surface area (Å²) in [6.45, 7) is -0.00958. The van der Waals surface area contributed by atoms with Crippen LogP contribution in [-0.4, -0.2) is 39.7 Å². The van der Waals surface area contributed by atoms with Gasteiger partial charge in [-0.2, -0.15) is 0 Å². The van der Waals surface area contributed by atoms with E-state index in [0.717, 1.165) is 5.69 Å². The van der Waals surface area contributed by atoms with E-state index in [-0.39, 0.29) is 42.2 Å². The number of halogens is 2. The van der Waals surface area contributed by atoms with Crippen LogP contribution in [0, 0.1) is 5.82 Å². The number of nitrogens with one attached hydrogen (secondary N) is 3. The lowest BCUT2D eigenvalue weighted by Gasteiger charge is -2.14. The van der Waals surface area contributed by atoms with Crippen molar-refractivity contribution in [2.24, 2.45) is 4.99 Å². The topological polar surface area (TPSA) is 84.0 Å². The number of anilines is 2. The van der Waals surface area contributed by atoms with Crippen molar-refractivity contribution in [1.29, 1.82) is 0 Å². The Labute approximate surface area is 174 Å². The molecular weight excluding hydrogens is 466 g/mol. The lowest BCUT2D eigenvalue weighted by molar-refractivity contribution is -0.115. The highest BCUT2D eigenvalue weighted by molar-refractivity contribution is 14.0. The van der Waals surface area contributed by atoms with Crippen LogP contribution < -0.4 is 25.4 Å². The van der Waals surface area contributed by atoms with Crippen LogP contribution in [0.1, 0.15) is 0 Å². The normalized spacial score (nSPS) is 10.4. The van der Waals surface area contributed by atoms with Gasteiger partial charge in [-0.3, -0.25) is 9.79 Å². The predicted octanol–water partition coefficient (Wildman–Crippen LogP) is 3.09. The molecule has 0 fully saturated rings. The fourth-order valence-electron chi connectivity index (χ4n) is 2.13. The van der Waals surface area contributed by atoms with Crippen molar-refractivity contribution in [3.63, 3.8) is 0 Å². The molecule has 2 aromatic carbocycles. The van der Waals surface area contributed by atoms with Crippen molar-refractivity contribution in [3.8, 4) is 11.5 Å². The van der Waals surface area contributed by atoms with E-state index in [2.05, 4.69) is 20.9 Å². The number of methoxy groups -OCH3 is 2. The van der Waals surface area contributed by atoms with Gasteiger partial charge in [0.05, 0.1) is 20.8 Å². The first-order chi connectivity index (χ1) is 12.5. The van der Waals surface area contributed by atoms with Crippen molar-refractivity contribution < 1.29 is 18.7 Å². The molecule has 0 unspecified atom stereocenters. The van der Waals surface area contributed by atoms with Crippen molar-refractivity contribution in [3.05, 3.63) is 48.3 Å². The molecule has 0 heterocycles. The fourth-order valence-corrected chi connectivity index (χ4v) is 2.13. The van der Waals surface area contributed by atoms with E-state index in [4.69, 9.17) is 9.47 Å². The molecule has 0 aliphatic heterocycles. The number of ether oxygens (including phenoxy) is 2. The van der Waals surface area contributed by atoms with Crippen LogP contribution in [0.4, 0.5) is 15.8 Å². The number of carbonyl (C=O) groups is 1. The number of hydrogen-bond acceptors (Lipinski definition) is 4. The third-order valence-electron chi connectivity index (χ3n) is 3.41. The molecule has 2 rings (SSSR count). The Hall–Kier alpha value is -2.56. The summed E-state index contributed by atoms with van der Waals surface area (Å²) >= 11 is 0. The summed E-state index contributed by atoms with van der Waals surface area (Å²) < 4.78 is 23.3. The molecule has 3 N–H and O–H groups in total. The minimum absolute atomic E-state index is 0. The first kappa shape index (κ1) is 22.5. The second kappa shape index (κ2) is 11.2. The Morgan fingerprint density at radius 1 is 1.00 bits per heavy atom. The highest BCUT2D eigenvalue weighted by Gasteiger charge is 2.08. The lowest BCUT2D eigenvalue weighted by Crippen LogP contribution is -2.37. The standard InChI is InChI=1S/C18H21FN4O3.HI/c1-20-18(23-14-8-9-15(25-2)16(10-14)26-3)21-11-17(24)22-13-6-4-12(19)5-7-13;/h4-10H,11H2,1-3H3,(H,22,24)(H2,20,21,23);1H. The molecule has 7 nitrogen and oxygen atoms in total. The second-order valence-electron chi connectivity index (χ2n) is 5.18. The Bertz CT molecular complexity index is 785. The van der Waals surface area contributed by atoms with Crippen LogP contribution in [0.15, 0.2) is 47.5 Å². The molecule has 146 valence electrons. The molecule has 27 heavy (non-hydrogen) atoms. The highest BCUT2D eigenvalue weighted by atomic mass is 127. The maximum absolute atomic E-state index is 12.9. The molecule has 0 aromatic heterocycles. The Kier molecular flexibility index (Phi) is 9.34. The molecule has 0 bridgehead atoms. The number of rotatable bonds is 6. The third-order valence-corrected chi connectivity index (χ3v) is 3.41. The SMILES string of the molecule is CN=C(NCC(=O)Nc1ccc(F)cc1)Nc1ccc(OC)c(OC)c1.I. The molecule has 1 amide bonds. The van der Waals surface area contributed by atoms with Crippen LogP contribution in [0.5, 0.6) is 11.5 Å². The van der Waals surface area contributed by atoms with Crippen LogP contribution in [0.2, 0.25) is 0 Å². The van der Waals surface area contributed by atoms with Crippen molar-refractivity contribution in [2.75, 3.05) is 38.4 Å².